The van der Waals surface area contributed by atoms with E-state index in [2.05, 4.69) is 31.0 Å². The van der Waals surface area contributed by atoms with Gasteiger partial charge in [0.05, 0.1) is 6.54 Å². The van der Waals surface area contributed by atoms with Crippen LogP contribution in [-0.2, 0) is 4.79 Å². The number of likely N-dealkylation sites (N-methyl/N-ethyl adjacent to an activating group) is 1. The minimum Gasteiger partial charge on any atom is -0.480 e. The van der Waals surface area contributed by atoms with Gasteiger partial charge in [0.1, 0.15) is 0 Å². The number of nitrogens with zero attached hydrogens (tertiary/aromatic N) is 1. The lowest BCUT2D eigenvalue weighted by molar-refractivity contribution is -0.138. The average molecular weight is 242 g/mol. The molecule has 17 heavy (non-hydrogen) atoms. The van der Waals surface area contributed by atoms with Crippen LogP contribution < -0.4 is 5.32 Å². The molecule has 1 heterocycles. The summed E-state index contributed by atoms with van der Waals surface area (Å²) in [4.78, 5) is 12.9. The number of nitrogens with one attached hydrogen (secondary N) is 1. The van der Waals surface area contributed by atoms with Crippen LogP contribution in [0.4, 0.5) is 0 Å². The molecular formula is C13H26N2O2. The van der Waals surface area contributed by atoms with Crippen molar-refractivity contribution in [1.29, 1.82) is 0 Å². The number of carboxylic acid groups (broad SMARTS) is 1. The molecule has 0 bridgehead atoms. The molecule has 100 valence electrons. The Kier molecular flexibility index (Phi) is 4.95. The van der Waals surface area contributed by atoms with Crippen molar-refractivity contribution in [2.75, 3.05) is 26.7 Å². The van der Waals surface area contributed by atoms with Crippen molar-refractivity contribution in [2.45, 2.75) is 39.7 Å². The Bertz CT molecular complexity index is 261. The SMILES string of the molecule is CNC1CC(CC(C)(C)C)CN(CC(=O)O)C1. The second kappa shape index (κ2) is 5.83. The molecule has 1 aliphatic rings. The summed E-state index contributed by atoms with van der Waals surface area (Å²) in [6, 6.07) is 0.426. The van der Waals surface area contributed by atoms with Gasteiger partial charge in [-0.2, -0.15) is 0 Å². The van der Waals surface area contributed by atoms with Crippen molar-refractivity contribution in [2.24, 2.45) is 11.3 Å². The smallest absolute Gasteiger partial charge is 0.317 e. The Labute approximate surface area is 104 Å². The van der Waals surface area contributed by atoms with E-state index < -0.39 is 5.97 Å². The summed E-state index contributed by atoms with van der Waals surface area (Å²) >= 11 is 0. The highest BCUT2D eigenvalue weighted by Crippen LogP contribution is 2.30. The Hall–Kier alpha value is -0.610. The molecule has 2 atom stereocenters. The van der Waals surface area contributed by atoms with Gasteiger partial charge in [0.2, 0.25) is 0 Å². The maximum atomic E-state index is 10.8. The summed E-state index contributed by atoms with van der Waals surface area (Å²) in [7, 11) is 1.96. The van der Waals surface area contributed by atoms with Gasteiger partial charge in [0.25, 0.3) is 0 Å². The van der Waals surface area contributed by atoms with Crippen molar-refractivity contribution in [3.63, 3.8) is 0 Å². The number of rotatable bonds is 4. The van der Waals surface area contributed by atoms with Crippen molar-refractivity contribution < 1.29 is 9.90 Å². The first-order valence-corrected chi connectivity index (χ1v) is 6.41. The lowest BCUT2D eigenvalue weighted by Gasteiger charge is -2.39. The minimum absolute atomic E-state index is 0.165. The van der Waals surface area contributed by atoms with Gasteiger partial charge in [-0.3, -0.25) is 9.69 Å². The van der Waals surface area contributed by atoms with Crippen molar-refractivity contribution in [3.05, 3.63) is 0 Å². The standard InChI is InChI=1S/C13H26N2O2/c1-13(2,3)6-10-5-11(14-4)8-15(7-10)9-12(16)17/h10-11,14H,5-9H2,1-4H3,(H,16,17). The summed E-state index contributed by atoms with van der Waals surface area (Å²) in [6.45, 7) is 8.68. The maximum Gasteiger partial charge on any atom is 0.317 e. The van der Waals surface area contributed by atoms with Crippen LogP contribution in [0.15, 0.2) is 0 Å². The summed E-state index contributed by atoms with van der Waals surface area (Å²) in [5.41, 5.74) is 0.315. The Morgan fingerprint density at radius 3 is 2.53 bits per heavy atom. The molecule has 1 saturated heterocycles. The summed E-state index contributed by atoms with van der Waals surface area (Å²) < 4.78 is 0. The van der Waals surface area contributed by atoms with Crippen molar-refractivity contribution >= 4 is 5.97 Å². The van der Waals surface area contributed by atoms with E-state index in [1.165, 1.54) is 0 Å². The van der Waals surface area contributed by atoms with Crippen LogP contribution in [0, 0.1) is 11.3 Å². The van der Waals surface area contributed by atoms with E-state index in [4.69, 9.17) is 5.11 Å². The molecule has 0 amide bonds. The van der Waals surface area contributed by atoms with E-state index in [0.29, 0.717) is 17.4 Å². The molecular weight excluding hydrogens is 216 g/mol. The molecule has 0 spiro atoms. The molecule has 0 saturated carbocycles. The van der Waals surface area contributed by atoms with Gasteiger partial charge in [0, 0.05) is 19.1 Å². The lowest BCUT2D eigenvalue weighted by atomic mass is 9.80. The molecule has 1 aliphatic heterocycles. The van der Waals surface area contributed by atoms with E-state index in [1.54, 1.807) is 0 Å². The highest BCUT2D eigenvalue weighted by molar-refractivity contribution is 5.69. The monoisotopic (exact) mass is 242 g/mol. The number of hydrogen-bond donors (Lipinski definition) is 2. The number of hydrogen-bond acceptors (Lipinski definition) is 3. The van der Waals surface area contributed by atoms with E-state index in [9.17, 15) is 4.79 Å². The normalized spacial score (nSPS) is 27.1. The highest BCUT2D eigenvalue weighted by Gasteiger charge is 2.29. The van der Waals surface area contributed by atoms with Gasteiger partial charge < -0.3 is 10.4 Å². The van der Waals surface area contributed by atoms with Crippen LogP contribution in [0.25, 0.3) is 0 Å². The fourth-order valence-electron chi connectivity index (χ4n) is 2.85. The quantitative estimate of drug-likeness (QED) is 0.783. The average Bonchev–Trinajstić information content (AvgIpc) is 2.13. The molecule has 2 N–H and O–H groups in total. The van der Waals surface area contributed by atoms with Crippen LogP contribution >= 0.6 is 0 Å². The number of likely N-dealkylation sites (tertiary alicyclic amines) is 1. The van der Waals surface area contributed by atoms with Crippen LogP contribution in [0.5, 0.6) is 0 Å². The zero-order chi connectivity index (χ0) is 13.1. The predicted molar refractivity (Wildman–Crippen MR) is 69.1 cm³/mol. The Balaban J connectivity index is 2.57. The minimum atomic E-state index is -0.726. The Morgan fingerprint density at radius 1 is 1.41 bits per heavy atom. The molecule has 2 unspecified atom stereocenters. The third-order valence-corrected chi connectivity index (χ3v) is 3.28. The van der Waals surface area contributed by atoms with E-state index in [-0.39, 0.29) is 6.54 Å². The second-order valence-electron chi connectivity index (χ2n) is 6.44. The molecule has 1 rings (SSSR count). The number of piperidine rings is 1. The number of carbonyl (C=O) groups is 1. The maximum absolute atomic E-state index is 10.8. The highest BCUT2D eigenvalue weighted by atomic mass is 16.4. The molecule has 1 fully saturated rings. The zero-order valence-electron chi connectivity index (χ0n) is 11.5. The first-order chi connectivity index (χ1) is 7.80. The van der Waals surface area contributed by atoms with E-state index in [1.807, 2.05) is 7.05 Å². The van der Waals surface area contributed by atoms with Crippen LogP contribution in [0.1, 0.15) is 33.6 Å². The van der Waals surface area contributed by atoms with Gasteiger partial charge in [-0.25, -0.2) is 0 Å². The third kappa shape index (κ3) is 5.50. The molecule has 4 nitrogen and oxygen atoms in total. The van der Waals surface area contributed by atoms with Crippen LogP contribution in [0.3, 0.4) is 0 Å². The number of aliphatic carboxylic acids is 1. The van der Waals surface area contributed by atoms with Gasteiger partial charge >= 0.3 is 5.97 Å². The van der Waals surface area contributed by atoms with Gasteiger partial charge in [-0.1, -0.05) is 20.8 Å². The molecule has 0 aliphatic carbocycles. The van der Waals surface area contributed by atoms with Crippen molar-refractivity contribution in [1.82, 2.24) is 10.2 Å². The first kappa shape index (κ1) is 14.5. The fourth-order valence-corrected chi connectivity index (χ4v) is 2.85. The summed E-state index contributed by atoms with van der Waals surface area (Å²) in [5, 5.41) is 12.2. The Morgan fingerprint density at radius 2 is 2.06 bits per heavy atom. The van der Waals surface area contributed by atoms with Gasteiger partial charge in [-0.15, -0.1) is 0 Å². The molecule has 0 aromatic heterocycles. The predicted octanol–water partition coefficient (Wildman–Crippen LogP) is 1.42. The van der Waals surface area contributed by atoms with Crippen LogP contribution in [-0.4, -0.2) is 48.7 Å². The largest absolute Gasteiger partial charge is 0.480 e. The third-order valence-electron chi connectivity index (χ3n) is 3.28. The van der Waals surface area contributed by atoms with E-state index in [0.717, 1.165) is 25.9 Å². The lowest BCUT2D eigenvalue weighted by Crippen LogP contribution is -2.50. The fraction of sp³-hybridized carbons (Fsp3) is 0.923. The summed E-state index contributed by atoms with van der Waals surface area (Å²) in [5.74, 6) is -0.128. The topological polar surface area (TPSA) is 52.6 Å². The van der Waals surface area contributed by atoms with Crippen LogP contribution in [0.2, 0.25) is 0 Å². The first-order valence-electron chi connectivity index (χ1n) is 6.41. The second-order valence-corrected chi connectivity index (χ2v) is 6.44. The molecule has 4 heteroatoms. The summed E-state index contributed by atoms with van der Waals surface area (Å²) in [6.07, 6.45) is 2.31. The zero-order valence-corrected chi connectivity index (χ0v) is 11.5. The van der Waals surface area contributed by atoms with Gasteiger partial charge in [0.15, 0.2) is 0 Å². The molecule has 0 radical (unpaired) electrons. The van der Waals surface area contributed by atoms with Crippen molar-refractivity contribution in [3.8, 4) is 0 Å². The molecule has 0 aromatic rings. The number of carboxylic acids is 1. The van der Waals surface area contributed by atoms with Gasteiger partial charge in [-0.05, 0) is 31.2 Å². The molecule has 0 aromatic carbocycles. The van der Waals surface area contributed by atoms with E-state index >= 15 is 0 Å².